The molecule has 2 amide bonds. The van der Waals surface area contributed by atoms with Crippen molar-refractivity contribution in [3.63, 3.8) is 0 Å². The predicted molar refractivity (Wildman–Crippen MR) is 90.1 cm³/mol. The number of carbonyl (C=O) groups excluding carboxylic acids is 1. The number of hydrogen-bond acceptors (Lipinski definition) is 2. The highest BCUT2D eigenvalue weighted by molar-refractivity contribution is 5.74. The van der Waals surface area contributed by atoms with Crippen molar-refractivity contribution in [3.8, 4) is 0 Å². The third-order valence-corrected chi connectivity index (χ3v) is 4.34. The summed E-state index contributed by atoms with van der Waals surface area (Å²) in [5.74, 6) is 0. The number of aryl methyl sites for hydroxylation is 1. The van der Waals surface area contributed by atoms with Crippen LogP contribution >= 0.6 is 0 Å². The van der Waals surface area contributed by atoms with Crippen molar-refractivity contribution in [1.82, 2.24) is 10.6 Å². The summed E-state index contributed by atoms with van der Waals surface area (Å²) in [7, 11) is 0. The topological polar surface area (TPSA) is 61.4 Å². The highest BCUT2D eigenvalue weighted by Gasteiger charge is 2.22. The molecule has 0 aromatic heterocycles. The molecule has 2 aromatic carbocycles. The number of rotatable bonds is 5. The van der Waals surface area contributed by atoms with E-state index in [-0.39, 0.29) is 18.7 Å². The lowest BCUT2D eigenvalue weighted by Crippen LogP contribution is -2.38. The van der Waals surface area contributed by atoms with Crippen LogP contribution in [0.2, 0.25) is 0 Å². The second kappa shape index (κ2) is 7.29. The Labute approximate surface area is 136 Å². The van der Waals surface area contributed by atoms with Gasteiger partial charge in [0.25, 0.3) is 0 Å². The highest BCUT2D eigenvalue weighted by atomic mass is 16.3. The lowest BCUT2D eigenvalue weighted by atomic mass is 10.1. The SMILES string of the molecule is O=C(NCCc1ccc(CO)cc1)NC1CCc2ccccc21. The number of nitrogens with one attached hydrogen (secondary N) is 2. The van der Waals surface area contributed by atoms with Crippen LogP contribution in [0, 0.1) is 0 Å². The average Bonchev–Trinajstić information content (AvgIpc) is 2.99. The predicted octanol–water partition coefficient (Wildman–Crippen LogP) is 2.71. The van der Waals surface area contributed by atoms with Crippen molar-refractivity contribution >= 4 is 6.03 Å². The molecule has 23 heavy (non-hydrogen) atoms. The molecule has 0 fully saturated rings. The number of benzene rings is 2. The average molecular weight is 310 g/mol. The van der Waals surface area contributed by atoms with Gasteiger partial charge in [-0.3, -0.25) is 0 Å². The monoisotopic (exact) mass is 310 g/mol. The Balaban J connectivity index is 1.45. The van der Waals surface area contributed by atoms with E-state index < -0.39 is 0 Å². The Bertz CT molecular complexity index is 667. The summed E-state index contributed by atoms with van der Waals surface area (Å²) < 4.78 is 0. The maximum Gasteiger partial charge on any atom is 0.315 e. The van der Waals surface area contributed by atoms with Crippen LogP contribution in [0.4, 0.5) is 4.79 Å². The molecule has 4 nitrogen and oxygen atoms in total. The van der Waals surface area contributed by atoms with Crippen molar-refractivity contribution < 1.29 is 9.90 Å². The fourth-order valence-electron chi connectivity index (χ4n) is 3.05. The summed E-state index contributed by atoms with van der Waals surface area (Å²) >= 11 is 0. The molecule has 0 bridgehead atoms. The van der Waals surface area contributed by atoms with Gasteiger partial charge < -0.3 is 15.7 Å². The van der Waals surface area contributed by atoms with E-state index in [2.05, 4.69) is 22.8 Å². The van der Waals surface area contributed by atoms with Crippen molar-refractivity contribution in [2.45, 2.75) is 31.9 Å². The molecule has 1 aliphatic rings. The summed E-state index contributed by atoms with van der Waals surface area (Å²) in [6.45, 7) is 0.655. The van der Waals surface area contributed by atoms with Gasteiger partial charge in [-0.15, -0.1) is 0 Å². The van der Waals surface area contributed by atoms with Gasteiger partial charge in [-0.05, 0) is 41.5 Å². The first kappa shape index (κ1) is 15.6. The zero-order chi connectivity index (χ0) is 16.1. The van der Waals surface area contributed by atoms with Crippen LogP contribution < -0.4 is 10.6 Å². The molecule has 0 spiro atoms. The minimum atomic E-state index is -0.112. The Morgan fingerprint density at radius 2 is 1.83 bits per heavy atom. The molecule has 0 saturated carbocycles. The molecular formula is C19H22N2O2. The molecule has 0 aliphatic heterocycles. The van der Waals surface area contributed by atoms with Crippen LogP contribution in [0.15, 0.2) is 48.5 Å². The van der Waals surface area contributed by atoms with E-state index in [0.717, 1.165) is 30.4 Å². The molecule has 2 aromatic rings. The fourth-order valence-corrected chi connectivity index (χ4v) is 3.05. The Morgan fingerprint density at radius 1 is 1.09 bits per heavy atom. The Morgan fingerprint density at radius 3 is 2.61 bits per heavy atom. The van der Waals surface area contributed by atoms with E-state index >= 15 is 0 Å². The number of hydrogen-bond donors (Lipinski definition) is 3. The van der Waals surface area contributed by atoms with Crippen LogP contribution in [0.3, 0.4) is 0 Å². The smallest absolute Gasteiger partial charge is 0.315 e. The first-order valence-corrected chi connectivity index (χ1v) is 8.07. The summed E-state index contributed by atoms with van der Waals surface area (Å²) in [5, 5.41) is 15.0. The number of aliphatic hydroxyl groups is 1. The van der Waals surface area contributed by atoms with Gasteiger partial charge >= 0.3 is 6.03 Å². The van der Waals surface area contributed by atoms with E-state index in [9.17, 15) is 4.79 Å². The van der Waals surface area contributed by atoms with Gasteiger partial charge in [0, 0.05) is 6.54 Å². The number of fused-ring (bicyclic) bond motifs is 1. The van der Waals surface area contributed by atoms with Gasteiger partial charge in [0.15, 0.2) is 0 Å². The van der Waals surface area contributed by atoms with Gasteiger partial charge in [0.2, 0.25) is 0 Å². The third-order valence-electron chi connectivity index (χ3n) is 4.34. The second-order valence-electron chi connectivity index (χ2n) is 5.91. The largest absolute Gasteiger partial charge is 0.392 e. The molecule has 4 heteroatoms. The highest BCUT2D eigenvalue weighted by Crippen LogP contribution is 2.30. The van der Waals surface area contributed by atoms with Crippen molar-refractivity contribution in [2.75, 3.05) is 6.54 Å². The number of urea groups is 1. The summed E-state index contributed by atoms with van der Waals surface area (Å²) in [5.41, 5.74) is 4.62. The van der Waals surface area contributed by atoms with Crippen molar-refractivity contribution in [3.05, 3.63) is 70.8 Å². The zero-order valence-electron chi connectivity index (χ0n) is 13.1. The minimum Gasteiger partial charge on any atom is -0.392 e. The second-order valence-corrected chi connectivity index (χ2v) is 5.91. The molecule has 1 unspecified atom stereocenters. The number of amides is 2. The first-order chi connectivity index (χ1) is 11.3. The quantitative estimate of drug-likeness (QED) is 0.795. The fraction of sp³-hybridized carbons (Fsp3) is 0.316. The summed E-state index contributed by atoms with van der Waals surface area (Å²) in [4.78, 5) is 12.0. The normalized spacial score (nSPS) is 16.0. The molecule has 3 N–H and O–H groups in total. The van der Waals surface area contributed by atoms with Crippen LogP contribution in [0.5, 0.6) is 0 Å². The van der Waals surface area contributed by atoms with Crippen molar-refractivity contribution in [2.24, 2.45) is 0 Å². The lowest BCUT2D eigenvalue weighted by molar-refractivity contribution is 0.237. The third kappa shape index (κ3) is 3.90. The van der Waals surface area contributed by atoms with Gasteiger partial charge in [0.1, 0.15) is 0 Å². The number of aliphatic hydroxyl groups excluding tert-OH is 1. The molecule has 0 radical (unpaired) electrons. The maximum absolute atomic E-state index is 12.0. The van der Waals surface area contributed by atoms with Crippen LogP contribution in [0.25, 0.3) is 0 Å². The van der Waals surface area contributed by atoms with Gasteiger partial charge in [-0.25, -0.2) is 4.79 Å². The standard InChI is InChI=1S/C19H22N2O2/c22-13-15-7-5-14(6-8-15)11-12-20-19(23)21-18-10-9-16-3-1-2-4-17(16)18/h1-8,18,22H,9-13H2,(H2,20,21,23). The molecule has 0 heterocycles. The Kier molecular flexibility index (Phi) is 4.93. The van der Waals surface area contributed by atoms with Crippen LogP contribution in [-0.4, -0.2) is 17.7 Å². The van der Waals surface area contributed by atoms with E-state index in [1.54, 1.807) is 0 Å². The Hall–Kier alpha value is -2.33. The van der Waals surface area contributed by atoms with Gasteiger partial charge in [-0.2, -0.15) is 0 Å². The van der Waals surface area contributed by atoms with Crippen molar-refractivity contribution in [1.29, 1.82) is 0 Å². The maximum atomic E-state index is 12.0. The number of carbonyl (C=O) groups is 1. The minimum absolute atomic E-state index is 0.0593. The van der Waals surface area contributed by atoms with E-state index in [1.165, 1.54) is 11.1 Å². The molecule has 0 saturated heterocycles. The molecule has 1 aliphatic carbocycles. The first-order valence-electron chi connectivity index (χ1n) is 8.07. The summed E-state index contributed by atoms with van der Waals surface area (Å²) in [6.07, 6.45) is 2.77. The van der Waals surface area contributed by atoms with E-state index in [1.807, 2.05) is 36.4 Å². The van der Waals surface area contributed by atoms with Gasteiger partial charge in [-0.1, -0.05) is 48.5 Å². The molecule has 3 rings (SSSR count). The lowest BCUT2D eigenvalue weighted by Gasteiger charge is -2.15. The zero-order valence-corrected chi connectivity index (χ0v) is 13.1. The van der Waals surface area contributed by atoms with E-state index in [0.29, 0.717) is 6.54 Å². The van der Waals surface area contributed by atoms with Crippen LogP contribution in [0.1, 0.15) is 34.7 Å². The van der Waals surface area contributed by atoms with Gasteiger partial charge in [0.05, 0.1) is 12.6 Å². The van der Waals surface area contributed by atoms with E-state index in [4.69, 9.17) is 5.11 Å². The molecular weight excluding hydrogens is 288 g/mol. The van der Waals surface area contributed by atoms with Crippen LogP contribution in [-0.2, 0) is 19.4 Å². The molecule has 120 valence electrons. The molecule has 1 atom stereocenters. The summed E-state index contributed by atoms with van der Waals surface area (Å²) in [6, 6.07) is 16.1.